The van der Waals surface area contributed by atoms with Crippen LogP contribution in [0.1, 0.15) is 23.3 Å². The van der Waals surface area contributed by atoms with Gasteiger partial charge in [0.1, 0.15) is 0 Å². The molecule has 0 saturated carbocycles. The van der Waals surface area contributed by atoms with E-state index in [0.717, 1.165) is 23.3 Å². The molecule has 1 aliphatic rings. The molecule has 0 atom stereocenters. The zero-order chi connectivity index (χ0) is 17.6. The largest absolute Gasteiger partial charge is 0.353 e. The van der Waals surface area contributed by atoms with Crippen LogP contribution < -0.4 is 5.32 Å². The molecule has 6 heteroatoms. The molecule has 0 spiro atoms. The van der Waals surface area contributed by atoms with Crippen LogP contribution >= 0.6 is 22.9 Å². The lowest BCUT2D eigenvalue weighted by molar-refractivity contribution is -0.131. The van der Waals surface area contributed by atoms with E-state index in [-0.39, 0.29) is 17.9 Å². The van der Waals surface area contributed by atoms with E-state index in [4.69, 9.17) is 11.6 Å². The van der Waals surface area contributed by atoms with Crippen LogP contribution in [0.2, 0.25) is 5.02 Å². The number of carbonyl (C=O) groups is 2. The lowest BCUT2D eigenvalue weighted by atomic mass is 10.0. The van der Waals surface area contributed by atoms with Gasteiger partial charge in [0.15, 0.2) is 0 Å². The molecule has 2 amide bonds. The van der Waals surface area contributed by atoms with Crippen LogP contribution in [0.4, 0.5) is 0 Å². The standard InChI is InChI=1S/C19H21ClN2O2S/c20-15-5-3-14(4-6-15)12-19(24)22-9-7-16(8-10-22)21-18(23)13-17-2-1-11-25-17/h1-6,11,16H,7-10,12-13H2,(H,21,23). The van der Waals surface area contributed by atoms with Gasteiger partial charge in [0.25, 0.3) is 0 Å². The number of halogens is 1. The monoisotopic (exact) mass is 376 g/mol. The highest BCUT2D eigenvalue weighted by molar-refractivity contribution is 7.10. The summed E-state index contributed by atoms with van der Waals surface area (Å²) in [6.45, 7) is 1.38. The fourth-order valence-corrected chi connectivity index (χ4v) is 3.84. The molecule has 0 radical (unpaired) electrons. The Balaban J connectivity index is 1.42. The van der Waals surface area contributed by atoms with Crippen molar-refractivity contribution in [2.24, 2.45) is 0 Å². The summed E-state index contributed by atoms with van der Waals surface area (Å²) >= 11 is 7.47. The van der Waals surface area contributed by atoms with Crippen molar-refractivity contribution < 1.29 is 9.59 Å². The maximum absolute atomic E-state index is 12.4. The molecule has 1 fully saturated rings. The van der Waals surface area contributed by atoms with Gasteiger partial charge in [0.2, 0.25) is 11.8 Å². The zero-order valence-corrected chi connectivity index (χ0v) is 15.5. The SMILES string of the molecule is O=C(Cc1cccs1)NC1CCN(C(=O)Cc2ccc(Cl)cc2)CC1. The van der Waals surface area contributed by atoms with Crippen molar-refractivity contribution in [1.29, 1.82) is 0 Å². The summed E-state index contributed by atoms with van der Waals surface area (Å²) < 4.78 is 0. The van der Waals surface area contributed by atoms with Crippen LogP contribution in [0.25, 0.3) is 0 Å². The van der Waals surface area contributed by atoms with Crippen LogP contribution in [-0.4, -0.2) is 35.8 Å². The average Bonchev–Trinajstić information content (AvgIpc) is 3.10. The van der Waals surface area contributed by atoms with E-state index in [2.05, 4.69) is 5.32 Å². The molecule has 1 aromatic heterocycles. The van der Waals surface area contributed by atoms with Crippen molar-refractivity contribution in [2.45, 2.75) is 31.7 Å². The molecule has 1 aliphatic heterocycles. The second kappa shape index (κ2) is 8.50. The maximum Gasteiger partial charge on any atom is 0.226 e. The Hall–Kier alpha value is -1.85. The number of likely N-dealkylation sites (tertiary alicyclic amines) is 1. The Labute approximate surface area is 156 Å². The van der Waals surface area contributed by atoms with Crippen molar-refractivity contribution in [1.82, 2.24) is 10.2 Å². The fraction of sp³-hybridized carbons (Fsp3) is 0.368. The summed E-state index contributed by atoms with van der Waals surface area (Å²) in [5, 5.41) is 5.74. The number of carbonyl (C=O) groups excluding carboxylic acids is 2. The lowest BCUT2D eigenvalue weighted by Gasteiger charge is -2.32. The second-order valence-corrected chi connectivity index (χ2v) is 7.75. The van der Waals surface area contributed by atoms with Gasteiger partial charge in [-0.25, -0.2) is 0 Å². The van der Waals surface area contributed by atoms with Crippen molar-refractivity contribution in [3.8, 4) is 0 Å². The summed E-state index contributed by atoms with van der Waals surface area (Å²) in [7, 11) is 0. The molecule has 0 unspecified atom stereocenters. The Kier molecular flexibility index (Phi) is 6.10. The number of piperidine rings is 1. The highest BCUT2D eigenvalue weighted by Gasteiger charge is 2.23. The van der Waals surface area contributed by atoms with E-state index in [1.165, 1.54) is 0 Å². The third-order valence-electron chi connectivity index (χ3n) is 4.40. The van der Waals surface area contributed by atoms with Gasteiger partial charge in [-0.2, -0.15) is 0 Å². The number of benzene rings is 1. The number of amides is 2. The third kappa shape index (κ3) is 5.31. The molecule has 2 aromatic rings. The minimum atomic E-state index is 0.0633. The molecule has 3 rings (SSSR count). The molecule has 2 heterocycles. The minimum Gasteiger partial charge on any atom is -0.353 e. The Morgan fingerprint density at radius 1 is 1.12 bits per heavy atom. The van der Waals surface area contributed by atoms with Crippen molar-refractivity contribution in [2.75, 3.05) is 13.1 Å². The predicted octanol–water partition coefficient (Wildman–Crippen LogP) is 3.29. The number of hydrogen-bond donors (Lipinski definition) is 1. The molecule has 132 valence electrons. The molecule has 4 nitrogen and oxygen atoms in total. The lowest BCUT2D eigenvalue weighted by Crippen LogP contribution is -2.47. The summed E-state index contributed by atoms with van der Waals surface area (Å²) in [5.74, 6) is 0.194. The number of rotatable bonds is 5. The Bertz CT molecular complexity index is 708. The molecule has 0 aliphatic carbocycles. The van der Waals surface area contributed by atoms with E-state index in [1.807, 2.05) is 34.5 Å². The third-order valence-corrected chi connectivity index (χ3v) is 5.52. The molecule has 25 heavy (non-hydrogen) atoms. The summed E-state index contributed by atoms with van der Waals surface area (Å²) in [5.41, 5.74) is 0.973. The van der Waals surface area contributed by atoms with Gasteiger partial charge in [-0.3, -0.25) is 9.59 Å². The zero-order valence-electron chi connectivity index (χ0n) is 13.9. The van der Waals surface area contributed by atoms with Crippen molar-refractivity contribution >= 4 is 34.8 Å². The van der Waals surface area contributed by atoms with Crippen molar-refractivity contribution in [3.63, 3.8) is 0 Å². The summed E-state index contributed by atoms with van der Waals surface area (Å²) in [4.78, 5) is 27.4. The molecule has 1 N–H and O–H groups in total. The first kappa shape index (κ1) is 18.0. The summed E-state index contributed by atoms with van der Waals surface area (Å²) in [6, 6.07) is 11.5. The van der Waals surface area contributed by atoms with E-state index in [0.29, 0.717) is 31.0 Å². The van der Waals surface area contributed by atoms with Gasteiger partial charge in [0.05, 0.1) is 12.8 Å². The smallest absolute Gasteiger partial charge is 0.226 e. The van der Waals surface area contributed by atoms with Crippen LogP contribution in [0.5, 0.6) is 0 Å². The number of thiophene rings is 1. The maximum atomic E-state index is 12.4. The highest BCUT2D eigenvalue weighted by Crippen LogP contribution is 2.15. The molecule has 0 bridgehead atoms. The van der Waals surface area contributed by atoms with Gasteiger partial charge < -0.3 is 10.2 Å². The number of nitrogens with one attached hydrogen (secondary N) is 1. The molecule has 1 saturated heterocycles. The highest BCUT2D eigenvalue weighted by atomic mass is 35.5. The molecular formula is C19H21ClN2O2S. The van der Waals surface area contributed by atoms with Gasteiger partial charge in [-0.1, -0.05) is 29.8 Å². The fourth-order valence-electron chi connectivity index (χ4n) is 3.01. The normalized spacial score (nSPS) is 15.2. The van der Waals surface area contributed by atoms with Crippen LogP contribution in [-0.2, 0) is 22.4 Å². The van der Waals surface area contributed by atoms with E-state index < -0.39 is 0 Å². The van der Waals surface area contributed by atoms with Gasteiger partial charge in [0, 0.05) is 29.0 Å². The van der Waals surface area contributed by atoms with Gasteiger partial charge >= 0.3 is 0 Å². The van der Waals surface area contributed by atoms with Crippen molar-refractivity contribution in [3.05, 3.63) is 57.2 Å². The first-order valence-electron chi connectivity index (χ1n) is 8.44. The quantitative estimate of drug-likeness (QED) is 0.870. The van der Waals surface area contributed by atoms with Gasteiger partial charge in [-0.05, 0) is 42.0 Å². The van der Waals surface area contributed by atoms with E-state index in [1.54, 1.807) is 23.5 Å². The molecular weight excluding hydrogens is 356 g/mol. The van der Waals surface area contributed by atoms with Crippen LogP contribution in [0.3, 0.4) is 0 Å². The van der Waals surface area contributed by atoms with E-state index >= 15 is 0 Å². The predicted molar refractivity (Wildman–Crippen MR) is 101 cm³/mol. The Morgan fingerprint density at radius 3 is 2.48 bits per heavy atom. The number of nitrogens with zero attached hydrogens (tertiary/aromatic N) is 1. The topological polar surface area (TPSA) is 49.4 Å². The molecule has 1 aromatic carbocycles. The van der Waals surface area contributed by atoms with E-state index in [9.17, 15) is 9.59 Å². The first-order chi connectivity index (χ1) is 12.1. The van der Waals surface area contributed by atoms with Crippen LogP contribution in [0, 0.1) is 0 Å². The number of hydrogen-bond acceptors (Lipinski definition) is 3. The summed E-state index contributed by atoms with van der Waals surface area (Å²) in [6.07, 6.45) is 2.45. The average molecular weight is 377 g/mol. The first-order valence-corrected chi connectivity index (χ1v) is 9.70. The van der Waals surface area contributed by atoms with Crippen LogP contribution in [0.15, 0.2) is 41.8 Å². The van der Waals surface area contributed by atoms with Gasteiger partial charge in [-0.15, -0.1) is 11.3 Å². The Morgan fingerprint density at radius 2 is 1.84 bits per heavy atom. The minimum absolute atomic E-state index is 0.0633. The second-order valence-electron chi connectivity index (χ2n) is 6.28.